The first kappa shape index (κ1) is 13.8. The van der Waals surface area contributed by atoms with Gasteiger partial charge >= 0.3 is 0 Å². The first-order valence-corrected chi connectivity index (χ1v) is 9.06. The van der Waals surface area contributed by atoms with Crippen molar-refractivity contribution in [2.24, 2.45) is 16.7 Å². The standard InChI is InChI=1S/C4H10N8S4/c5-3(7-10-6)1-13-15-16-14-2-4-8-11-12-9-4/h10H,1-2,6H2,(H2,5,7)(H,8,9,11,12). The van der Waals surface area contributed by atoms with Crippen molar-refractivity contribution in [3.8, 4) is 0 Å². The summed E-state index contributed by atoms with van der Waals surface area (Å²) in [5.41, 5.74) is 7.64. The molecule has 0 aliphatic rings. The van der Waals surface area contributed by atoms with E-state index in [1.165, 1.54) is 0 Å². The van der Waals surface area contributed by atoms with E-state index >= 15 is 0 Å². The van der Waals surface area contributed by atoms with Gasteiger partial charge in [0.1, 0.15) is 5.84 Å². The number of nitrogens with one attached hydrogen (secondary N) is 2. The summed E-state index contributed by atoms with van der Waals surface area (Å²) in [4.78, 5) is 0. The van der Waals surface area contributed by atoms with Gasteiger partial charge in [0.05, 0.1) is 11.5 Å². The normalized spacial score (nSPS) is 11.7. The lowest BCUT2D eigenvalue weighted by Crippen LogP contribution is -2.23. The summed E-state index contributed by atoms with van der Waals surface area (Å²) in [7, 11) is 6.44. The molecular formula is C4H10N8S4. The van der Waals surface area contributed by atoms with Crippen LogP contribution in [0.25, 0.3) is 0 Å². The first-order chi connectivity index (χ1) is 7.83. The van der Waals surface area contributed by atoms with Crippen LogP contribution in [0.5, 0.6) is 0 Å². The molecule has 0 spiro atoms. The quantitative estimate of drug-likeness (QED) is 0.131. The van der Waals surface area contributed by atoms with E-state index in [0.717, 1.165) is 0 Å². The third-order valence-electron chi connectivity index (χ3n) is 1.12. The highest BCUT2D eigenvalue weighted by Gasteiger charge is 2.00. The summed E-state index contributed by atoms with van der Waals surface area (Å²) in [6.07, 6.45) is 0. The summed E-state index contributed by atoms with van der Waals surface area (Å²) in [6.45, 7) is 0. The third-order valence-corrected chi connectivity index (χ3v) is 7.34. The lowest BCUT2D eigenvalue weighted by molar-refractivity contribution is 0.803. The van der Waals surface area contributed by atoms with Crippen LogP contribution in [0.4, 0.5) is 0 Å². The van der Waals surface area contributed by atoms with Gasteiger partial charge in [0, 0.05) is 0 Å². The van der Waals surface area contributed by atoms with Gasteiger partial charge in [-0.15, -0.1) is 10.2 Å². The van der Waals surface area contributed by atoms with Crippen molar-refractivity contribution in [1.82, 2.24) is 26.2 Å². The maximum absolute atomic E-state index is 5.50. The topological polar surface area (TPSA) is 131 Å². The molecular weight excluding hydrogens is 288 g/mol. The van der Waals surface area contributed by atoms with Gasteiger partial charge in [0.25, 0.3) is 0 Å². The number of amidine groups is 1. The van der Waals surface area contributed by atoms with Crippen LogP contribution in [-0.4, -0.2) is 32.2 Å². The fourth-order valence-corrected chi connectivity index (χ4v) is 6.04. The van der Waals surface area contributed by atoms with Crippen LogP contribution < -0.4 is 17.1 Å². The van der Waals surface area contributed by atoms with Crippen molar-refractivity contribution in [1.29, 1.82) is 0 Å². The van der Waals surface area contributed by atoms with E-state index in [9.17, 15) is 0 Å². The summed E-state index contributed by atoms with van der Waals surface area (Å²) in [6, 6.07) is 0. The number of aromatic amines is 1. The van der Waals surface area contributed by atoms with Crippen LogP contribution in [0.15, 0.2) is 5.10 Å². The van der Waals surface area contributed by atoms with Gasteiger partial charge in [0.2, 0.25) is 0 Å². The largest absolute Gasteiger partial charge is 0.385 e. The highest BCUT2D eigenvalue weighted by molar-refractivity contribution is 9.26. The van der Waals surface area contributed by atoms with Crippen molar-refractivity contribution in [2.75, 3.05) is 5.75 Å². The van der Waals surface area contributed by atoms with Gasteiger partial charge in [-0.1, -0.05) is 26.8 Å². The van der Waals surface area contributed by atoms with Crippen LogP contribution in [0.2, 0.25) is 0 Å². The van der Waals surface area contributed by atoms with Crippen LogP contribution in [-0.2, 0) is 5.75 Å². The fourth-order valence-electron chi connectivity index (χ4n) is 0.559. The Morgan fingerprint density at radius 1 is 1.44 bits per heavy atom. The molecule has 0 amide bonds. The van der Waals surface area contributed by atoms with Crippen molar-refractivity contribution in [3.63, 3.8) is 0 Å². The van der Waals surface area contributed by atoms with E-state index in [1.54, 1.807) is 41.2 Å². The zero-order chi connectivity index (χ0) is 11.6. The average Bonchev–Trinajstić information content (AvgIpc) is 2.76. The molecule has 6 N–H and O–H groups in total. The van der Waals surface area contributed by atoms with Gasteiger partial charge in [0.15, 0.2) is 5.82 Å². The molecule has 16 heavy (non-hydrogen) atoms. The van der Waals surface area contributed by atoms with Crippen molar-refractivity contribution in [3.05, 3.63) is 5.82 Å². The Bertz CT molecular complexity index is 301. The number of hydrogen-bond acceptors (Lipinski definition) is 10. The molecule has 1 rings (SSSR count). The van der Waals surface area contributed by atoms with Crippen LogP contribution >= 0.6 is 41.2 Å². The second kappa shape index (κ2) is 8.81. The second-order valence-electron chi connectivity index (χ2n) is 2.22. The zero-order valence-electron chi connectivity index (χ0n) is 7.99. The van der Waals surface area contributed by atoms with E-state index in [4.69, 9.17) is 11.6 Å². The van der Waals surface area contributed by atoms with Crippen molar-refractivity contribution >= 4 is 47.1 Å². The molecule has 0 saturated heterocycles. The fraction of sp³-hybridized carbons (Fsp3) is 0.500. The molecule has 12 heteroatoms. The number of H-pyrrole nitrogens is 1. The van der Waals surface area contributed by atoms with Crippen LogP contribution in [0.1, 0.15) is 5.82 Å². The van der Waals surface area contributed by atoms with Crippen molar-refractivity contribution < 1.29 is 0 Å². The summed E-state index contributed by atoms with van der Waals surface area (Å²) >= 11 is 0. The zero-order valence-corrected chi connectivity index (χ0v) is 11.3. The second-order valence-corrected chi connectivity index (χ2v) is 8.22. The third kappa shape index (κ3) is 6.32. The maximum Gasteiger partial charge on any atom is 0.185 e. The Hall–Kier alpha value is -0.300. The Balaban J connectivity index is 1.94. The van der Waals surface area contributed by atoms with E-state index in [1.807, 2.05) is 0 Å². The molecule has 8 nitrogen and oxygen atoms in total. The predicted octanol–water partition coefficient (Wildman–Crippen LogP) is 0.113. The monoisotopic (exact) mass is 298 g/mol. The Morgan fingerprint density at radius 3 is 2.94 bits per heavy atom. The molecule has 0 saturated carbocycles. The maximum atomic E-state index is 5.50. The summed E-state index contributed by atoms with van der Waals surface area (Å²) in [5, 5.41) is 17.1. The minimum absolute atomic E-state index is 0.462. The number of aromatic nitrogens is 4. The highest BCUT2D eigenvalue weighted by atomic mass is 33.7. The molecule has 0 fully saturated rings. The molecule has 1 aromatic heterocycles. The number of rotatable bonds is 8. The Morgan fingerprint density at radius 2 is 2.25 bits per heavy atom. The highest BCUT2D eigenvalue weighted by Crippen LogP contribution is 2.43. The minimum atomic E-state index is 0.462. The average molecular weight is 298 g/mol. The lowest BCUT2D eigenvalue weighted by atomic mass is 10.7. The van der Waals surface area contributed by atoms with Gasteiger partial charge in [-0.3, -0.25) is 0 Å². The number of nitrogens with two attached hydrogens (primary N) is 2. The Labute approximate surface area is 107 Å². The molecule has 0 aromatic carbocycles. The SMILES string of the molecule is NN/N=C(\N)CSSSSCc1nn[nH]n1. The summed E-state index contributed by atoms with van der Waals surface area (Å²) in [5.74, 6) is 7.45. The molecule has 1 heterocycles. The van der Waals surface area contributed by atoms with Gasteiger partial charge in [-0.2, -0.15) is 10.3 Å². The Kier molecular flexibility index (Phi) is 7.58. The molecule has 1 aromatic rings. The molecule has 90 valence electrons. The minimum Gasteiger partial charge on any atom is -0.385 e. The number of hydrazone groups is 1. The van der Waals surface area contributed by atoms with Crippen LogP contribution in [0.3, 0.4) is 0 Å². The molecule has 0 bridgehead atoms. The summed E-state index contributed by atoms with van der Waals surface area (Å²) < 4.78 is 0. The van der Waals surface area contributed by atoms with E-state index in [-0.39, 0.29) is 0 Å². The lowest BCUT2D eigenvalue weighted by Gasteiger charge is -1.98. The smallest absolute Gasteiger partial charge is 0.185 e. The molecule has 0 atom stereocenters. The molecule has 0 aliphatic carbocycles. The number of nitrogens with zero attached hydrogens (tertiary/aromatic N) is 4. The first-order valence-electron chi connectivity index (χ1n) is 3.90. The van der Waals surface area contributed by atoms with Crippen LogP contribution in [0, 0.1) is 0 Å². The molecule has 0 aliphatic heterocycles. The molecule has 0 radical (unpaired) electrons. The van der Waals surface area contributed by atoms with Crippen molar-refractivity contribution in [2.45, 2.75) is 5.75 Å². The number of tetrazole rings is 1. The number of hydrazine groups is 1. The number of hydrogen-bond donors (Lipinski definition) is 4. The molecule has 0 unspecified atom stereocenters. The van der Waals surface area contributed by atoms with Gasteiger partial charge < -0.3 is 5.73 Å². The van der Waals surface area contributed by atoms with E-state index in [2.05, 4.69) is 31.3 Å². The van der Waals surface area contributed by atoms with E-state index in [0.29, 0.717) is 23.2 Å². The van der Waals surface area contributed by atoms with E-state index < -0.39 is 0 Å². The van der Waals surface area contributed by atoms with Gasteiger partial charge in [-0.25, -0.2) is 11.4 Å². The van der Waals surface area contributed by atoms with Gasteiger partial charge in [-0.05, 0) is 19.7 Å². The predicted molar refractivity (Wildman–Crippen MR) is 72.1 cm³/mol.